The smallest absolute Gasteiger partial charge is 0.107 e. The highest BCUT2D eigenvalue weighted by atomic mass is 32.1. The molecule has 1 N–H and O–H groups in total. The average molecular weight is 282 g/mol. The van der Waals surface area contributed by atoms with Gasteiger partial charge in [-0.3, -0.25) is 0 Å². The number of nitrogens with zero attached hydrogens (tertiary/aromatic N) is 1. The standard InChI is InChI=1S/C17H18N2S/c1-12-11-20-17(19-12)10-18-13(2)15-9-5-7-14-6-3-4-8-16(14)15/h3-9,11,13,18H,10H2,1-2H3. The number of benzene rings is 2. The van der Waals surface area contributed by atoms with Gasteiger partial charge in [0.25, 0.3) is 0 Å². The van der Waals surface area contributed by atoms with Gasteiger partial charge in [-0.25, -0.2) is 4.98 Å². The van der Waals surface area contributed by atoms with Crippen molar-refractivity contribution in [3.8, 4) is 0 Å². The molecule has 0 amide bonds. The third kappa shape index (κ3) is 2.74. The summed E-state index contributed by atoms with van der Waals surface area (Å²) in [6.45, 7) is 5.07. The van der Waals surface area contributed by atoms with E-state index in [0.29, 0.717) is 6.04 Å². The summed E-state index contributed by atoms with van der Waals surface area (Å²) < 4.78 is 0. The highest BCUT2D eigenvalue weighted by molar-refractivity contribution is 7.09. The molecule has 0 saturated carbocycles. The van der Waals surface area contributed by atoms with Crippen molar-refractivity contribution in [2.24, 2.45) is 0 Å². The first-order chi connectivity index (χ1) is 9.74. The molecule has 2 aromatic carbocycles. The van der Waals surface area contributed by atoms with E-state index in [-0.39, 0.29) is 0 Å². The number of hydrogen-bond acceptors (Lipinski definition) is 3. The summed E-state index contributed by atoms with van der Waals surface area (Å²) in [7, 11) is 0. The van der Waals surface area contributed by atoms with Crippen molar-refractivity contribution < 1.29 is 0 Å². The van der Waals surface area contributed by atoms with E-state index in [2.05, 4.69) is 65.1 Å². The van der Waals surface area contributed by atoms with Crippen molar-refractivity contribution in [1.82, 2.24) is 10.3 Å². The first-order valence-electron chi connectivity index (χ1n) is 6.86. The summed E-state index contributed by atoms with van der Waals surface area (Å²) in [4.78, 5) is 4.49. The minimum absolute atomic E-state index is 0.310. The number of fused-ring (bicyclic) bond motifs is 1. The minimum Gasteiger partial charge on any atom is -0.304 e. The lowest BCUT2D eigenvalue weighted by Crippen LogP contribution is -2.18. The summed E-state index contributed by atoms with van der Waals surface area (Å²) in [6, 6.07) is 15.3. The Morgan fingerprint density at radius 2 is 1.95 bits per heavy atom. The third-order valence-electron chi connectivity index (χ3n) is 3.52. The number of rotatable bonds is 4. The van der Waals surface area contributed by atoms with Gasteiger partial charge in [-0.15, -0.1) is 11.3 Å². The second-order valence-corrected chi connectivity index (χ2v) is 6.00. The fraction of sp³-hybridized carbons (Fsp3) is 0.235. The number of thiazole rings is 1. The molecule has 0 aliphatic carbocycles. The van der Waals surface area contributed by atoms with Gasteiger partial charge in [-0.05, 0) is 30.2 Å². The highest BCUT2D eigenvalue weighted by Crippen LogP contribution is 2.24. The van der Waals surface area contributed by atoms with E-state index in [9.17, 15) is 0 Å². The van der Waals surface area contributed by atoms with Crippen molar-refractivity contribution in [3.05, 3.63) is 64.1 Å². The molecule has 1 aromatic heterocycles. The van der Waals surface area contributed by atoms with E-state index in [1.165, 1.54) is 16.3 Å². The van der Waals surface area contributed by atoms with Gasteiger partial charge in [-0.2, -0.15) is 0 Å². The van der Waals surface area contributed by atoms with Crippen LogP contribution in [0.3, 0.4) is 0 Å². The van der Waals surface area contributed by atoms with Gasteiger partial charge in [-0.1, -0.05) is 42.5 Å². The maximum Gasteiger partial charge on any atom is 0.107 e. The maximum atomic E-state index is 4.49. The summed E-state index contributed by atoms with van der Waals surface area (Å²) in [5.41, 5.74) is 2.45. The molecular formula is C17H18N2S. The van der Waals surface area contributed by atoms with Gasteiger partial charge in [0, 0.05) is 23.7 Å². The van der Waals surface area contributed by atoms with Crippen LogP contribution >= 0.6 is 11.3 Å². The molecule has 0 bridgehead atoms. The molecule has 20 heavy (non-hydrogen) atoms. The molecule has 0 saturated heterocycles. The molecule has 0 aliphatic rings. The Bertz CT molecular complexity index is 712. The van der Waals surface area contributed by atoms with Gasteiger partial charge in [0.15, 0.2) is 0 Å². The lowest BCUT2D eigenvalue weighted by Gasteiger charge is -2.15. The fourth-order valence-electron chi connectivity index (χ4n) is 2.46. The van der Waals surface area contributed by atoms with Gasteiger partial charge < -0.3 is 5.32 Å². The van der Waals surface area contributed by atoms with Crippen LogP contribution in [0.4, 0.5) is 0 Å². The first kappa shape index (κ1) is 13.3. The molecule has 102 valence electrons. The lowest BCUT2D eigenvalue weighted by atomic mass is 10.00. The van der Waals surface area contributed by atoms with Crippen LogP contribution in [-0.4, -0.2) is 4.98 Å². The molecule has 3 aromatic rings. The van der Waals surface area contributed by atoms with E-state index < -0.39 is 0 Å². The lowest BCUT2D eigenvalue weighted by molar-refractivity contribution is 0.576. The molecule has 0 fully saturated rings. The Hall–Kier alpha value is -1.71. The van der Waals surface area contributed by atoms with E-state index in [1.54, 1.807) is 11.3 Å². The summed E-state index contributed by atoms with van der Waals surface area (Å²) in [5, 5.41) is 9.43. The molecule has 3 heteroatoms. The summed E-state index contributed by atoms with van der Waals surface area (Å²) in [5.74, 6) is 0. The SMILES string of the molecule is Cc1csc(CNC(C)c2cccc3ccccc23)n1. The van der Waals surface area contributed by atoms with Crippen molar-refractivity contribution >= 4 is 22.1 Å². The monoisotopic (exact) mass is 282 g/mol. The zero-order valence-electron chi connectivity index (χ0n) is 11.8. The molecule has 3 rings (SSSR count). The van der Waals surface area contributed by atoms with E-state index in [1.807, 2.05) is 6.92 Å². The molecule has 1 heterocycles. The predicted molar refractivity (Wildman–Crippen MR) is 86.1 cm³/mol. The van der Waals surface area contributed by atoms with Crippen LogP contribution in [0.1, 0.15) is 29.2 Å². The number of nitrogens with one attached hydrogen (secondary N) is 1. The van der Waals surface area contributed by atoms with Gasteiger partial charge >= 0.3 is 0 Å². The Morgan fingerprint density at radius 3 is 2.75 bits per heavy atom. The molecule has 0 radical (unpaired) electrons. The van der Waals surface area contributed by atoms with Crippen LogP contribution in [0.2, 0.25) is 0 Å². The third-order valence-corrected chi connectivity index (χ3v) is 4.48. The quantitative estimate of drug-likeness (QED) is 0.764. The molecular weight excluding hydrogens is 264 g/mol. The van der Waals surface area contributed by atoms with Crippen molar-refractivity contribution in [2.45, 2.75) is 26.4 Å². The Balaban J connectivity index is 1.80. The van der Waals surface area contributed by atoms with Crippen LogP contribution in [0.15, 0.2) is 47.8 Å². The summed E-state index contributed by atoms with van der Waals surface area (Å²) >= 11 is 1.72. The van der Waals surface area contributed by atoms with Gasteiger partial charge in [0.2, 0.25) is 0 Å². The fourth-order valence-corrected chi connectivity index (χ4v) is 3.18. The van der Waals surface area contributed by atoms with Gasteiger partial charge in [0.1, 0.15) is 5.01 Å². The normalized spacial score (nSPS) is 12.7. The van der Waals surface area contributed by atoms with E-state index >= 15 is 0 Å². The van der Waals surface area contributed by atoms with Crippen molar-refractivity contribution in [3.63, 3.8) is 0 Å². The zero-order valence-corrected chi connectivity index (χ0v) is 12.6. The van der Waals surface area contributed by atoms with Crippen LogP contribution < -0.4 is 5.32 Å². The van der Waals surface area contributed by atoms with E-state index in [0.717, 1.165) is 17.2 Å². The topological polar surface area (TPSA) is 24.9 Å². The van der Waals surface area contributed by atoms with Crippen LogP contribution in [-0.2, 0) is 6.54 Å². The van der Waals surface area contributed by atoms with E-state index in [4.69, 9.17) is 0 Å². The van der Waals surface area contributed by atoms with Crippen molar-refractivity contribution in [1.29, 1.82) is 0 Å². The Labute approximate surface area is 123 Å². The first-order valence-corrected chi connectivity index (χ1v) is 7.74. The van der Waals surface area contributed by atoms with Gasteiger partial charge in [0.05, 0.1) is 0 Å². The van der Waals surface area contributed by atoms with Crippen molar-refractivity contribution in [2.75, 3.05) is 0 Å². The molecule has 2 nitrogen and oxygen atoms in total. The largest absolute Gasteiger partial charge is 0.304 e. The Kier molecular flexibility index (Phi) is 3.81. The second kappa shape index (κ2) is 5.73. The average Bonchev–Trinajstić information content (AvgIpc) is 2.90. The minimum atomic E-state index is 0.310. The van der Waals surface area contributed by atoms with Crippen LogP contribution in [0.25, 0.3) is 10.8 Å². The molecule has 0 spiro atoms. The number of aryl methyl sites for hydroxylation is 1. The summed E-state index contributed by atoms with van der Waals surface area (Å²) in [6.07, 6.45) is 0. The predicted octanol–water partition coefficient (Wildman–Crippen LogP) is 4.46. The zero-order chi connectivity index (χ0) is 13.9. The molecule has 1 unspecified atom stereocenters. The number of aromatic nitrogens is 1. The molecule has 1 atom stereocenters. The highest BCUT2D eigenvalue weighted by Gasteiger charge is 2.09. The second-order valence-electron chi connectivity index (χ2n) is 5.05. The van der Waals surface area contributed by atoms with Crippen LogP contribution in [0.5, 0.6) is 0 Å². The van der Waals surface area contributed by atoms with Crippen LogP contribution in [0, 0.1) is 6.92 Å². The maximum absolute atomic E-state index is 4.49. The number of hydrogen-bond donors (Lipinski definition) is 1. The Morgan fingerprint density at radius 1 is 1.15 bits per heavy atom. The molecule has 0 aliphatic heterocycles.